The number of nitrogens with zero attached hydrogens (tertiary/aromatic N) is 1. The van der Waals surface area contributed by atoms with E-state index < -0.39 is 0 Å². The predicted octanol–water partition coefficient (Wildman–Crippen LogP) is 2.70. The van der Waals surface area contributed by atoms with E-state index in [0.29, 0.717) is 6.54 Å². The quantitative estimate of drug-likeness (QED) is 0.839. The van der Waals surface area contributed by atoms with Gasteiger partial charge >= 0.3 is 0 Å². The Kier molecular flexibility index (Phi) is 5.81. The molecule has 0 aliphatic heterocycles. The second-order valence-electron chi connectivity index (χ2n) is 5.19. The number of ether oxygens (including phenoxy) is 1. The summed E-state index contributed by atoms with van der Waals surface area (Å²) >= 11 is 0. The van der Waals surface area contributed by atoms with Gasteiger partial charge in [0, 0.05) is 18.8 Å². The number of hydrogen-bond acceptors (Lipinski definition) is 3. The van der Waals surface area contributed by atoms with Crippen molar-refractivity contribution in [2.45, 2.75) is 32.7 Å². The van der Waals surface area contributed by atoms with Crippen molar-refractivity contribution >= 4 is 5.91 Å². The minimum Gasteiger partial charge on any atom is -0.484 e. The van der Waals surface area contributed by atoms with Crippen LogP contribution in [0.3, 0.4) is 0 Å². The van der Waals surface area contributed by atoms with Crippen molar-refractivity contribution in [2.24, 2.45) is 0 Å². The fourth-order valence-electron chi connectivity index (χ4n) is 2.57. The lowest BCUT2D eigenvalue weighted by molar-refractivity contribution is -0.131. The second kappa shape index (κ2) is 7.84. The van der Waals surface area contributed by atoms with Crippen molar-refractivity contribution in [2.75, 3.05) is 20.2 Å². The molecule has 1 aliphatic carbocycles. The van der Waals surface area contributed by atoms with Gasteiger partial charge in [0.25, 0.3) is 5.91 Å². The summed E-state index contributed by atoms with van der Waals surface area (Å²) in [6, 6.07) is 7.83. The van der Waals surface area contributed by atoms with Gasteiger partial charge in [-0.05, 0) is 50.9 Å². The van der Waals surface area contributed by atoms with Crippen molar-refractivity contribution in [1.82, 2.24) is 10.2 Å². The van der Waals surface area contributed by atoms with E-state index in [1.165, 1.54) is 5.56 Å². The molecule has 1 N–H and O–H groups in total. The molecule has 0 atom stereocenters. The molecule has 114 valence electrons. The first-order valence-electron chi connectivity index (χ1n) is 7.60. The highest BCUT2D eigenvalue weighted by molar-refractivity contribution is 5.79. The second-order valence-corrected chi connectivity index (χ2v) is 5.19. The number of nitrogens with one attached hydrogen (secondary N) is 1. The number of allylic oxidation sites excluding steroid dienone is 2. The summed E-state index contributed by atoms with van der Waals surface area (Å²) in [5.41, 5.74) is 2.35. The first-order chi connectivity index (χ1) is 10.2. The fourth-order valence-corrected chi connectivity index (χ4v) is 2.57. The lowest BCUT2D eigenvalue weighted by Crippen LogP contribution is -2.33. The Morgan fingerprint density at radius 2 is 2.10 bits per heavy atom. The van der Waals surface area contributed by atoms with Crippen LogP contribution in [0.2, 0.25) is 0 Å². The molecule has 1 aliphatic rings. The fraction of sp³-hybridized carbons (Fsp3) is 0.471. The van der Waals surface area contributed by atoms with Crippen LogP contribution >= 0.6 is 0 Å². The lowest BCUT2D eigenvalue weighted by Gasteiger charge is -2.22. The Labute approximate surface area is 126 Å². The minimum absolute atomic E-state index is 0.0324. The zero-order chi connectivity index (χ0) is 15.1. The van der Waals surface area contributed by atoms with Gasteiger partial charge in [0.1, 0.15) is 5.75 Å². The Hall–Kier alpha value is -1.81. The molecular weight excluding hydrogens is 264 g/mol. The summed E-state index contributed by atoms with van der Waals surface area (Å²) in [6.07, 6.45) is 5.38. The Balaban J connectivity index is 1.87. The van der Waals surface area contributed by atoms with Crippen LogP contribution in [0.15, 0.2) is 36.0 Å². The maximum Gasteiger partial charge on any atom is 0.264 e. The van der Waals surface area contributed by atoms with Gasteiger partial charge in [-0.15, -0.1) is 0 Å². The van der Waals surface area contributed by atoms with E-state index in [9.17, 15) is 4.79 Å². The molecule has 2 rings (SSSR count). The van der Waals surface area contributed by atoms with Gasteiger partial charge in [-0.25, -0.2) is 0 Å². The predicted molar refractivity (Wildman–Crippen MR) is 84.0 cm³/mol. The summed E-state index contributed by atoms with van der Waals surface area (Å²) < 4.78 is 5.60. The number of rotatable bonds is 7. The van der Waals surface area contributed by atoms with Crippen molar-refractivity contribution in [1.29, 1.82) is 0 Å². The standard InChI is InChI=1S/C17H24N2O2/c1-3-19(15-6-4-5-7-15)17(20)13-21-16-10-8-14(9-11-16)12-18-2/h6,8-11,18H,3-5,7,12-13H2,1-2H3. The maximum absolute atomic E-state index is 12.3. The summed E-state index contributed by atoms with van der Waals surface area (Å²) in [4.78, 5) is 14.1. The molecule has 0 fully saturated rings. The monoisotopic (exact) mass is 288 g/mol. The molecule has 4 heteroatoms. The highest BCUT2D eigenvalue weighted by atomic mass is 16.5. The molecular formula is C17H24N2O2. The van der Waals surface area contributed by atoms with Crippen molar-refractivity contribution in [3.63, 3.8) is 0 Å². The maximum atomic E-state index is 12.3. The van der Waals surface area contributed by atoms with E-state index in [0.717, 1.165) is 37.3 Å². The average Bonchev–Trinajstić information content (AvgIpc) is 3.02. The first-order valence-corrected chi connectivity index (χ1v) is 7.60. The number of carbonyl (C=O) groups is 1. The molecule has 0 radical (unpaired) electrons. The summed E-state index contributed by atoms with van der Waals surface area (Å²) in [5.74, 6) is 0.768. The first kappa shape index (κ1) is 15.6. The molecule has 0 saturated heterocycles. The van der Waals surface area contributed by atoms with Gasteiger partial charge < -0.3 is 15.0 Å². The Morgan fingerprint density at radius 1 is 1.33 bits per heavy atom. The number of carbonyl (C=O) groups excluding carboxylic acids is 1. The van der Waals surface area contributed by atoms with Gasteiger partial charge in [0.15, 0.2) is 6.61 Å². The van der Waals surface area contributed by atoms with Crippen LogP contribution in [-0.2, 0) is 11.3 Å². The van der Waals surface area contributed by atoms with Crippen LogP contribution in [0, 0.1) is 0 Å². The summed E-state index contributed by atoms with van der Waals surface area (Å²) in [7, 11) is 1.92. The van der Waals surface area contributed by atoms with Crippen LogP contribution < -0.4 is 10.1 Å². The molecule has 0 saturated carbocycles. The van der Waals surface area contributed by atoms with E-state index >= 15 is 0 Å². The molecule has 4 nitrogen and oxygen atoms in total. The van der Waals surface area contributed by atoms with Gasteiger partial charge in [-0.2, -0.15) is 0 Å². The van der Waals surface area contributed by atoms with Crippen LogP contribution in [0.5, 0.6) is 5.75 Å². The van der Waals surface area contributed by atoms with Gasteiger partial charge in [-0.3, -0.25) is 4.79 Å². The number of likely N-dealkylation sites (N-methyl/N-ethyl adjacent to an activating group) is 1. The van der Waals surface area contributed by atoms with Crippen molar-refractivity contribution in [3.05, 3.63) is 41.6 Å². The van der Waals surface area contributed by atoms with E-state index in [-0.39, 0.29) is 12.5 Å². The van der Waals surface area contributed by atoms with E-state index in [1.54, 1.807) is 0 Å². The molecule has 0 bridgehead atoms. The minimum atomic E-state index is 0.0324. The molecule has 0 spiro atoms. The van der Waals surface area contributed by atoms with Gasteiger partial charge in [0.2, 0.25) is 0 Å². The van der Waals surface area contributed by atoms with Crippen LogP contribution in [0.4, 0.5) is 0 Å². The van der Waals surface area contributed by atoms with Crippen LogP contribution in [-0.4, -0.2) is 31.0 Å². The highest BCUT2D eigenvalue weighted by Gasteiger charge is 2.18. The van der Waals surface area contributed by atoms with Crippen LogP contribution in [0.25, 0.3) is 0 Å². The lowest BCUT2D eigenvalue weighted by atomic mass is 10.2. The van der Waals surface area contributed by atoms with E-state index in [4.69, 9.17) is 4.74 Å². The average molecular weight is 288 g/mol. The number of hydrogen-bond donors (Lipinski definition) is 1. The number of benzene rings is 1. The molecule has 1 amide bonds. The Morgan fingerprint density at radius 3 is 2.67 bits per heavy atom. The van der Waals surface area contributed by atoms with Gasteiger partial charge in [-0.1, -0.05) is 18.2 Å². The topological polar surface area (TPSA) is 41.6 Å². The Bertz CT molecular complexity index is 494. The molecule has 21 heavy (non-hydrogen) atoms. The SMILES string of the molecule is CCN(C(=O)COc1ccc(CNC)cc1)C1=CCCC1. The third-order valence-electron chi connectivity index (χ3n) is 3.65. The smallest absolute Gasteiger partial charge is 0.264 e. The number of amides is 1. The summed E-state index contributed by atoms with van der Waals surface area (Å²) in [6.45, 7) is 3.63. The largest absolute Gasteiger partial charge is 0.484 e. The molecule has 0 unspecified atom stereocenters. The normalized spacial score (nSPS) is 13.9. The van der Waals surface area contributed by atoms with Crippen molar-refractivity contribution in [3.8, 4) is 5.75 Å². The third-order valence-corrected chi connectivity index (χ3v) is 3.65. The summed E-state index contributed by atoms with van der Waals surface area (Å²) in [5, 5.41) is 3.10. The molecule has 1 aromatic carbocycles. The zero-order valence-electron chi connectivity index (χ0n) is 12.9. The van der Waals surface area contributed by atoms with E-state index in [1.807, 2.05) is 43.1 Å². The zero-order valence-corrected chi connectivity index (χ0v) is 12.9. The van der Waals surface area contributed by atoms with Gasteiger partial charge in [0.05, 0.1) is 0 Å². The van der Waals surface area contributed by atoms with Crippen molar-refractivity contribution < 1.29 is 9.53 Å². The van der Waals surface area contributed by atoms with Crippen LogP contribution in [0.1, 0.15) is 31.7 Å². The molecule has 0 aromatic heterocycles. The molecule has 1 aromatic rings. The third kappa shape index (κ3) is 4.33. The molecule has 0 heterocycles. The van der Waals surface area contributed by atoms with E-state index in [2.05, 4.69) is 11.4 Å². The highest BCUT2D eigenvalue weighted by Crippen LogP contribution is 2.21.